The fourth-order valence-corrected chi connectivity index (χ4v) is 1.39. The molecule has 3 N–H and O–H groups in total. The van der Waals surface area contributed by atoms with Gasteiger partial charge in [-0.05, 0) is 12.1 Å². The maximum atomic E-state index is 11.6. The number of hydrogen-bond acceptors (Lipinski definition) is 4. The molecule has 7 heteroatoms. The molecule has 0 fully saturated rings. The summed E-state index contributed by atoms with van der Waals surface area (Å²) in [7, 11) is 0. The Morgan fingerprint density at radius 2 is 1.80 bits per heavy atom. The Balaban J connectivity index is 2.43. The lowest BCUT2D eigenvalue weighted by atomic mass is 10.2. The molecule has 1 aromatic carbocycles. The first-order valence-electron chi connectivity index (χ1n) is 5.80. The van der Waals surface area contributed by atoms with Crippen molar-refractivity contribution in [2.75, 3.05) is 11.9 Å². The monoisotopic (exact) mass is 275 g/mol. The number of rotatable bonds is 6. The van der Waals surface area contributed by atoms with Crippen LogP contribution in [0.5, 0.6) is 0 Å². The molecule has 7 nitrogen and oxygen atoms in total. The molecule has 0 unspecified atom stereocenters. The molecule has 104 valence electrons. The van der Waals surface area contributed by atoms with Crippen LogP contribution in [0.25, 0.3) is 0 Å². The quantitative estimate of drug-likeness (QED) is 0.697. The van der Waals surface area contributed by atoms with E-state index < -0.39 is 24.3 Å². The molecule has 1 aromatic rings. The maximum absolute atomic E-state index is 11.6. The highest BCUT2D eigenvalue weighted by Gasteiger charge is 2.09. The van der Waals surface area contributed by atoms with Gasteiger partial charge in [0.15, 0.2) is 0 Å². The van der Waals surface area contributed by atoms with Crippen LogP contribution in [0.3, 0.4) is 0 Å². The number of benzene rings is 1. The molecule has 1 rings (SSSR count). The molecular weight excluding hydrogens is 262 g/mol. The summed E-state index contributed by atoms with van der Waals surface area (Å²) < 4.78 is 0. The SMILES string of the molecule is N#Cc1ccccc1NC(=O)CCC(=O)NCC(=O)O. The van der Waals surface area contributed by atoms with Crippen molar-refractivity contribution in [2.24, 2.45) is 0 Å². The van der Waals surface area contributed by atoms with Crippen LogP contribution < -0.4 is 10.6 Å². The molecule has 2 amide bonds. The van der Waals surface area contributed by atoms with Crippen LogP contribution in [0.1, 0.15) is 18.4 Å². The zero-order chi connectivity index (χ0) is 15.0. The molecule has 0 saturated heterocycles. The third-order valence-electron chi connectivity index (χ3n) is 2.34. The lowest BCUT2D eigenvalue weighted by Gasteiger charge is -2.06. The highest BCUT2D eigenvalue weighted by Crippen LogP contribution is 2.13. The molecule has 0 aromatic heterocycles. The first kappa shape index (κ1) is 15.2. The van der Waals surface area contributed by atoms with Gasteiger partial charge >= 0.3 is 5.97 Å². The van der Waals surface area contributed by atoms with Crippen LogP contribution >= 0.6 is 0 Å². The van der Waals surface area contributed by atoms with Crippen molar-refractivity contribution in [2.45, 2.75) is 12.8 Å². The second-order valence-corrected chi connectivity index (χ2v) is 3.88. The highest BCUT2D eigenvalue weighted by atomic mass is 16.4. The minimum absolute atomic E-state index is 0.0920. The summed E-state index contributed by atoms with van der Waals surface area (Å²) >= 11 is 0. The van der Waals surface area contributed by atoms with Gasteiger partial charge in [-0.15, -0.1) is 0 Å². The van der Waals surface area contributed by atoms with Gasteiger partial charge in [-0.3, -0.25) is 14.4 Å². The standard InChI is InChI=1S/C13H13N3O4/c14-7-9-3-1-2-4-10(9)16-12(18)6-5-11(17)15-8-13(19)20/h1-4H,5-6,8H2,(H,15,17)(H,16,18)(H,19,20). The number of nitrogens with zero attached hydrogens (tertiary/aromatic N) is 1. The van der Waals surface area contributed by atoms with Gasteiger partial charge in [0.1, 0.15) is 12.6 Å². The predicted octanol–water partition coefficient (Wildman–Crippen LogP) is 0.478. The third kappa shape index (κ3) is 5.18. The summed E-state index contributed by atoms with van der Waals surface area (Å²) in [5, 5.41) is 21.9. The lowest BCUT2D eigenvalue weighted by Crippen LogP contribution is -2.29. The normalized spacial score (nSPS) is 9.35. The number of carboxylic acids is 1. The van der Waals surface area contributed by atoms with E-state index in [1.807, 2.05) is 6.07 Å². The van der Waals surface area contributed by atoms with E-state index in [1.165, 1.54) is 0 Å². The van der Waals surface area contributed by atoms with Crippen LogP contribution in [-0.2, 0) is 14.4 Å². The summed E-state index contributed by atoms with van der Waals surface area (Å²) in [6.07, 6.45) is -0.209. The molecule has 0 heterocycles. The van der Waals surface area contributed by atoms with E-state index in [-0.39, 0.29) is 12.8 Å². The van der Waals surface area contributed by atoms with Gasteiger partial charge in [-0.2, -0.15) is 5.26 Å². The van der Waals surface area contributed by atoms with Crippen molar-refractivity contribution in [3.8, 4) is 6.07 Å². The zero-order valence-electron chi connectivity index (χ0n) is 10.5. The van der Waals surface area contributed by atoms with E-state index in [0.717, 1.165) is 0 Å². The largest absolute Gasteiger partial charge is 0.480 e. The molecule has 0 radical (unpaired) electrons. The Morgan fingerprint density at radius 1 is 1.15 bits per heavy atom. The number of carbonyl (C=O) groups is 3. The number of nitriles is 1. The lowest BCUT2D eigenvalue weighted by molar-refractivity contribution is -0.138. The predicted molar refractivity (Wildman–Crippen MR) is 69.7 cm³/mol. The molecule has 0 aliphatic rings. The van der Waals surface area contributed by atoms with Crippen LogP contribution in [-0.4, -0.2) is 29.4 Å². The molecule has 20 heavy (non-hydrogen) atoms. The van der Waals surface area contributed by atoms with Gasteiger partial charge in [-0.1, -0.05) is 12.1 Å². The average molecular weight is 275 g/mol. The first-order valence-corrected chi connectivity index (χ1v) is 5.80. The Kier molecular flexibility index (Phi) is 5.72. The van der Waals surface area contributed by atoms with Crippen LogP contribution in [0.15, 0.2) is 24.3 Å². The van der Waals surface area contributed by atoms with Crippen molar-refractivity contribution < 1.29 is 19.5 Å². The van der Waals surface area contributed by atoms with Crippen LogP contribution in [0.2, 0.25) is 0 Å². The third-order valence-corrected chi connectivity index (χ3v) is 2.34. The van der Waals surface area contributed by atoms with Gasteiger partial charge in [0.2, 0.25) is 11.8 Å². The summed E-state index contributed by atoms with van der Waals surface area (Å²) in [5.41, 5.74) is 0.710. The molecule has 0 saturated carbocycles. The van der Waals surface area contributed by atoms with E-state index in [2.05, 4.69) is 10.6 Å². The van der Waals surface area contributed by atoms with Crippen molar-refractivity contribution in [3.05, 3.63) is 29.8 Å². The van der Waals surface area contributed by atoms with Crippen molar-refractivity contribution in [1.82, 2.24) is 5.32 Å². The molecule has 0 aliphatic heterocycles. The molecule has 0 spiro atoms. The van der Waals surface area contributed by atoms with E-state index in [0.29, 0.717) is 11.3 Å². The smallest absolute Gasteiger partial charge is 0.322 e. The highest BCUT2D eigenvalue weighted by molar-refractivity contribution is 5.94. The fraction of sp³-hybridized carbons (Fsp3) is 0.231. The van der Waals surface area contributed by atoms with Crippen molar-refractivity contribution in [1.29, 1.82) is 5.26 Å². The number of anilines is 1. The summed E-state index contributed by atoms with van der Waals surface area (Å²) in [4.78, 5) is 33.1. The number of para-hydroxylation sites is 1. The zero-order valence-corrected chi connectivity index (χ0v) is 10.5. The number of carbonyl (C=O) groups excluding carboxylic acids is 2. The van der Waals surface area contributed by atoms with Gasteiger partial charge in [0.05, 0.1) is 11.3 Å². The second kappa shape index (κ2) is 7.53. The number of aliphatic carboxylic acids is 1. The van der Waals surface area contributed by atoms with E-state index in [9.17, 15) is 14.4 Å². The van der Waals surface area contributed by atoms with E-state index >= 15 is 0 Å². The fourth-order valence-electron chi connectivity index (χ4n) is 1.39. The number of hydrogen-bond donors (Lipinski definition) is 3. The van der Waals surface area contributed by atoms with Crippen molar-refractivity contribution in [3.63, 3.8) is 0 Å². The van der Waals surface area contributed by atoms with Gasteiger partial charge in [-0.25, -0.2) is 0 Å². The molecule has 0 bridgehead atoms. The maximum Gasteiger partial charge on any atom is 0.322 e. The Hall–Kier alpha value is -2.88. The molecule has 0 atom stereocenters. The Bertz CT molecular complexity index is 563. The molecule has 0 aliphatic carbocycles. The minimum Gasteiger partial charge on any atom is -0.480 e. The van der Waals surface area contributed by atoms with E-state index in [1.54, 1.807) is 24.3 Å². The van der Waals surface area contributed by atoms with Crippen LogP contribution in [0, 0.1) is 11.3 Å². The summed E-state index contributed by atoms with van der Waals surface area (Å²) in [5.74, 6) is -2.08. The van der Waals surface area contributed by atoms with Crippen molar-refractivity contribution >= 4 is 23.5 Å². The Morgan fingerprint density at radius 3 is 2.45 bits per heavy atom. The average Bonchev–Trinajstić information content (AvgIpc) is 2.43. The topological polar surface area (TPSA) is 119 Å². The number of nitrogens with one attached hydrogen (secondary N) is 2. The van der Waals surface area contributed by atoms with Gasteiger partial charge < -0.3 is 15.7 Å². The Labute approximate surface area is 115 Å². The van der Waals surface area contributed by atoms with Gasteiger partial charge in [0, 0.05) is 12.8 Å². The second-order valence-electron chi connectivity index (χ2n) is 3.88. The minimum atomic E-state index is -1.15. The van der Waals surface area contributed by atoms with E-state index in [4.69, 9.17) is 10.4 Å². The molecular formula is C13H13N3O4. The summed E-state index contributed by atoms with van der Waals surface area (Å²) in [6, 6.07) is 8.44. The first-order chi connectivity index (χ1) is 9.52. The van der Waals surface area contributed by atoms with Crippen LogP contribution in [0.4, 0.5) is 5.69 Å². The number of amides is 2. The number of carboxylic acid groups (broad SMARTS) is 1. The van der Waals surface area contributed by atoms with Gasteiger partial charge in [0.25, 0.3) is 0 Å². The summed E-state index contributed by atoms with van der Waals surface area (Å²) in [6.45, 7) is -0.474.